The van der Waals surface area contributed by atoms with E-state index >= 15 is 0 Å². The summed E-state index contributed by atoms with van der Waals surface area (Å²) >= 11 is 4.90. The van der Waals surface area contributed by atoms with Crippen LogP contribution in [0.15, 0.2) is 12.1 Å². The van der Waals surface area contributed by atoms with Crippen molar-refractivity contribution in [2.75, 3.05) is 31.7 Å². The zero-order valence-electron chi connectivity index (χ0n) is 10.6. The number of methoxy groups -OCH3 is 1. The van der Waals surface area contributed by atoms with Gasteiger partial charge >= 0.3 is 0 Å². The second kappa shape index (κ2) is 6.34. The predicted molar refractivity (Wildman–Crippen MR) is 74.1 cm³/mol. The summed E-state index contributed by atoms with van der Waals surface area (Å²) in [4.78, 5) is 2.51. The number of aromatic nitrogens is 5. The highest BCUT2D eigenvalue weighted by molar-refractivity contribution is 7.80. The third kappa shape index (κ3) is 3.55. The van der Waals surface area contributed by atoms with Crippen molar-refractivity contribution in [3.63, 3.8) is 0 Å². The third-order valence-electron chi connectivity index (χ3n) is 2.57. The zero-order valence-corrected chi connectivity index (χ0v) is 11.4. The van der Waals surface area contributed by atoms with Gasteiger partial charge in [0.25, 0.3) is 0 Å². The number of nitrogens with zero attached hydrogens (tertiary/aromatic N) is 6. The second-order valence-electron chi connectivity index (χ2n) is 3.91. The van der Waals surface area contributed by atoms with Gasteiger partial charge in [0.15, 0.2) is 11.5 Å². The van der Waals surface area contributed by atoms with E-state index in [-0.39, 0.29) is 0 Å². The lowest BCUT2D eigenvalue weighted by atomic mass is 10.3. The van der Waals surface area contributed by atoms with Crippen LogP contribution in [0.5, 0.6) is 0 Å². The average Bonchev–Trinajstić information content (AvgIpc) is 2.85. The lowest BCUT2D eigenvalue weighted by Gasteiger charge is -2.22. The number of anilines is 1. The molecular formula is C10H15N7OS. The topological polar surface area (TPSA) is 94.5 Å². The molecule has 0 atom stereocenters. The van der Waals surface area contributed by atoms with Crippen molar-refractivity contribution >= 4 is 28.7 Å². The molecule has 2 rings (SSSR count). The summed E-state index contributed by atoms with van der Waals surface area (Å²) in [5.41, 5.74) is 6.14. The van der Waals surface area contributed by atoms with Gasteiger partial charge in [-0.25, -0.2) is 0 Å². The highest BCUT2D eigenvalue weighted by atomic mass is 32.1. The van der Waals surface area contributed by atoms with Crippen LogP contribution >= 0.6 is 12.2 Å². The monoisotopic (exact) mass is 281 g/mol. The van der Waals surface area contributed by atoms with Crippen LogP contribution < -0.4 is 10.6 Å². The Morgan fingerprint density at radius 1 is 1.47 bits per heavy atom. The smallest absolute Gasteiger partial charge is 0.200 e. The van der Waals surface area contributed by atoms with E-state index in [9.17, 15) is 0 Å². The van der Waals surface area contributed by atoms with Crippen LogP contribution in [0.3, 0.4) is 0 Å². The number of hydrogen-bond donors (Lipinski definition) is 1. The van der Waals surface area contributed by atoms with Crippen molar-refractivity contribution < 1.29 is 4.74 Å². The number of ether oxygens (including phenoxy) is 1. The Morgan fingerprint density at radius 2 is 2.32 bits per heavy atom. The van der Waals surface area contributed by atoms with Crippen LogP contribution in [-0.2, 0) is 4.74 Å². The molecule has 0 saturated heterocycles. The maximum atomic E-state index is 5.54. The average molecular weight is 281 g/mol. The Kier molecular flexibility index (Phi) is 4.53. The quantitative estimate of drug-likeness (QED) is 0.688. The number of thiocarbonyl (C=S) groups is 1. The normalized spacial score (nSPS) is 10.8. The Hall–Kier alpha value is -1.87. The standard InChI is InChI=1S/C10H15N7OS/c1-18-7-6-16(5-4-8(11)19)10-3-2-9-12-14-15-17(9)13-10/h2-3H,4-7H2,1H3,(H2,11,19). The first kappa shape index (κ1) is 13.6. The van der Waals surface area contributed by atoms with E-state index in [1.165, 1.54) is 4.63 Å². The number of rotatable bonds is 7. The van der Waals surface area contributed by atoms with E-state index in [0.717, 1.165) is 5.82 Å². The summed E-state index contributed by atoms with van der Waals surface area (Å²) in [6, 6.07) is 3.67. The minimum Gasteiger partial charge on any atom is -0.393 e. The molecule has 0 saturated carbocycles. The fourth-order valence-electron chi connectivity index (χ4n) is 1.60. The van der Waals surface area contributed by atoms with E-state index in [4.69, 9.17) is 22.7 Å². The molecule has 2 aromatic heterocycles. The molecule has 9 heteroatoms. The van der Waals surface area contributed by atoms with Crippen molar-refractivity contribution in [2.24, 2.45) is 5.73 Å². The van der Waals surface area contributed by atoms with E-state index in [0.29, 0.717) is 36.8 Å². The Balaban J connectivity index is 2.16. The van der Waals surface area contributed by atoms with Crippen molar-refractivity contribution in [1.82, 2.24) is 25.3 Å². The number of nitrogens with two attached hydrogens (primary N) is 1. The summed E-state index contributed by atoms with van der Waals surface area (Å²) in [6.07, 6.45) is 0.619. The SMILES string of the molecule is COCCN(CCC(N)=S)c1ccc2nnnn2n1. The molecule has 0 spiro atoms. The number of hydrogen-bond acceptors (Lipinski definition) is 7. The molecule has 0 radical (unpaired) electrons. The highest BCUT2D eigenvalue weighted by Gasteiger charge is 2.10. The van der Waals surface area contributed by atoms with E-state index < -0.39 is 0 Å². The Bertz CT molecular complexity index is 558. The van der Waals surface area contributed by atoms with Crippen LogP contribution in [0.4, 0.5) is 5.82 Å². The third-order valence-corrected chi connectivity index (χ3v) is 2.78. The van der Waals surface area contributed by atoms with Crippen LogP contribution in [0.25, 0.3) is 5.65 Å². The minimum atomic E-state index is 0.478. The molecule has 2 N–H and O–H groups in total. The summed E-state index contributed by atoms with van der Waals surface area (Å²) < 4.78 is 6.48. The summed E-state index contributed by atoms with van der Waals surface area (Å²) in [5, 5.41) is 15.5. The van der Waals surface area contributed by atoms with Crippen LogP contribution in [0, 0.1) is 0 Å². The van der Waals surface area contributed by atoms with Gasteiger partial charge < -0.3 is 15.4 Å². The molecule has 0 bridgehead atoms. The van der Waals surface area contributed by atoms with Gasteiger partial charge in [-0.3, -0.25) is 0 Å². The van der Waals surface area contributed by atoms with Crippen LogP contribution in [-0.4, -0.2) is 57.0 Å². The second-order valence-corrected chi connectivity index (χ2v) is 4.44. The van der Waals surface area contributed by atoms with E-state index in [1.54, 1.807) is 7.11 Å². The number of tetrazole rings is 1. The molecule has 19 heavy (non-hydrogen) atoms. The van der Waals surface area contributed by atoms with E-state index in [2.05, 4.69) is 20.6 Å². The highest BCUT2D eigenvalue weighted by Crippen LogP contribution is 2.11. The van der Waals surface area contributed by atoms with Gasteiger partial charge in [-0.05, 0) is 22.6 Å². The van der Waals surface area contributed by atoms with Gasteiger partial charge in [0.2, 0.25) is 0 Å². The van der Waals surface area contributed by atoms with Gasteiger partial charge in [-0.15, -0.1) is 14.8 Å². The van der Waals surface area contributed by atoms with Gasteiger partial charge in [-0.2, -0.15) is 0 Å². The molecule has 102 valence electrons. The zero-order chi connectivity index (χ0) is 13.7. The maximum Gasteiger partial charge on any atom is 0.200 e. The Morgan fingerprint density at radius 3 is 3.05 bits per heavy atom. The lowest BCUT2D eigenvalue weighted by Crippen LogP contribution is -2.31. The summed E-state index contributed by atoms with van der Waals surface area (Å²) in [5.74, 6) is 0.758. The fourth-order valence-corrected chi connectivity index (χ4v) is 1.69. The Labute approximate surface area is 115 Å². The van der Waals surface area contributed by atoms with Gasteiger partial charge in [0.05, 0.1) is 11.6 Å². The molecule has 2 heterocycles. The molecule has 0 fully saturated rings. The molecule has 0 unspecified atom stereocenters. The molecule has 0 aliphatic carbocycles. The first-order valence-electron chi connectivity index (χ1n) is 5.78. The first-order chi connectivity index (χ1) is 9.20. The van der Waals surface area contributed by atoms with Crippen molar-refractivity contribution in [2.45, 2.75) is 6.42 Å². The van der Waals surface area contributed by atoms with Gasteiger partial charge in [0, 0.05) is 26.6 Å². The van der Waals surface area contributed by atoms with Crippen molar-refractivity contribution in [1.29, 1.82) is 0 Å². The molecule has 0 aliphatic heterocycles. The maximum absolute atomic E-state index is 5.54. The van der Waals surface area contributed by atoms with Gasteiger partial charge in [0.1, 0.15) is 0 Å². The largest absolute Gasteiger partial charge is 0.393 e. The predicted octanol–water partition coefficient (Wildman–Crippen LogP) is -0.352. The molecular weight excluding hydrogens is 266 g/mol. The summed E-state index contributed by atoms with van der Waals surface area (Å²) in [6.45, 7) is 1.96. The van der Waals surface area contributed by atoms with Crippen molar-refractivity contribution in [3.8, 4) is 0 Å². The van der Waals surface area contributed by atoms with Crippen molar-refractivity contribution in [3.05, 3.63) is 12.1 Å². The fraction of sp³-hybridized carbons (Fsp3) is 0.500. The molecule has 0 amide bonds. The van der Waals surface area contributed by atoms with E-state index in [1.807, 2.05) is 17.0 Å². The van der Waals surface area contributed by atoms with Crippen LogP contribution in [0.1, 0.15) is 6.42 Å². The summed E-state index contributed by atoms with van der Waals surface area (Å²) in [7, 11) is 1.66. The molecule has 8 nitrogen and oxygen atoms in total. The molecule has 0 aliphatic rings. The first-order valence-corrected chi connectivity index (χ1v) is 6.19. The van der Waals surface area contributed by atoms with Gasteiger partial charge in [-0.1, -0.05) is 12.2 Å². The van der Waals surface area contributed by atoms with Crippen LogP contribution in [0.2, 0.25) is 0 Å². The molecule has 0 aromatic carbocycles. The number of fused-ring (bicyclic) bond motifs is 1. The molecule has 2 aromatic rings. The lowest BCUT2D eigenvalue weighted by molar-refractivity contribution is 0.205. The minimum absolute atomic E-state index is 0.478.